The van der Waals surface area contributed by atoms with E-state index < -0.39 is 0 Å². The molecule has 4 nitrogen and oxygen atoms in total. The van der Waals surface area contributed by atoms with E-state index in [0.29, 0.717) is 16.7 Å². The molecule has 0 aliphatic heterocycles. The van der Waals surface area contributed by atoms with Gasteiger partial charge in [-0.1, -0.05) is 30.3 Å². The van der Waals surface area contributed by atoms with Crippen LogP contribution < -0.4 is 5.73 Å². The highest BCUT2D eigenvalue weighted by Gasteiger charge is 2.21. The minimum Gasteiger partial charge on any atom is -0.388 e. The summed E-state index contributed by atoms with van der Waals surface area (Å²) in [5.41, 5.74) is 7.22. The van der Waals surface area contributed by atoms with Crippen LogP contribution in [0.15, 0.2) is 0 Å². The van der Waals surface area contributed by atoms with Gasteiger partial charge in [0.25, 0.3) is 0 Å². The van der Waals surface area contributed by atoms with Crippen LogP contribution in [0.1, 0.15) is 43.1 Å². The summed E-state index contributed by atoms with van der Waals surface area (Å²) in [5, 5.41) is 8.12. The molecule has 0 unspecified atom stereocenters. The van der Waals surface area contributed by atoms with E-state index in [0.717, 1.165) is 5.69 Å². The Morgan fingerprint density at radius 3 is 2.64 bits per heavy atom. The van der Waals surface area contributed by atoms with Gasteiger partial charge in [0.15, 0.2) is 0 Å². The van der Waals surface area contributed by atoms with Crippen LogP contribution in [0, 0.1) is 6.92 Å². The lowest BCUT2D eigenvalue weighted by molar-refractivity contribution is 0.444. The smallest absolute Gasteiger partial charge is 0.142 e. The van der Waals surface area contributed by atoms with Gasteiger partial charge in [-0.15, -0.1) is 5.10 Å². The molecule has 76 valence electrons. The molecule has 1 aromatic rings. The lowest BCUT2D eigenvalue weighted by atomic mass is 10.2. The summed E-state index contributed by atoms with van der Waals surface area (Å²) >= 11 is 4.90. The average molecular weight is 210 g/mol. The van der Waals surface area contributed by atoms with Gasteiger partial charge in [0.1, 0.15) is 10.7 Å². The molecule has 1 aliphatic rings. The molecule has 2 N–H and O–H groups in total. The van der Waals surface area contributed by atoms with E-state index in [-0.39, 0.29) is 0 Å². The first-order valence-electron chi connectivity index (χ1n) is 4.91. The normalized spacial score (nSPS) is 17.5. The fourth-order valence-corrected chi connectivity index (χ4v) is 2.25. The van der Waals surface area contributed by atoms with Crippen molar-refractivity contribution in [1.29, 1.82) is 0 Å². The van der Waals surface area contributed by atoms with Crippen LogP contribution in [0.2, 0.25) is 0 Å². The first kappa shape index (κ1) is 9.58. The van der Waals surface area contributed by atoms with Crippen LogP contribution in [0.4, 0.5) is 0 Å². The second kappa shape index (κ2) is 3.65. The molecule has 1 saturated carbocycles. The minimum absolute atomic E-state index is 0.340. The summed E-state index contributed by atoms with van der Waals surface area (Å²) in [6.45, 7) is 1.98. The Bertz CT molecular complexity index is 352. The van der Waals surface area contributed by atoms with Crippen molar-refractivity contribution in [3.05, 3.63) is 11.4 Å². The van der Waals surface area contributed by atoms with Gasteiger partial charge in [-0.2, -0.15) is 0 Å². The van der Waals surface area contributed by atoms with Gasteiger partial charge in [-0.25, -0.2) is 4.68 Å². The number of hydrogen-bond donors (Lipinski definition) is 1. The molecule has 1 fully saturated rings. The predicted molar refractivity (Wildman–Crippen MR) is 58.2 cm³/mol. The number of rotatable bonds is 2. The quantitative estimate of drug-likeness (QED) is 0.748. The summed E-state index contributed by atoms with van der Waals surface area (Å²) in [6.07, 6.45) is 4.96. The number of aromatic nitrogens is 3. The molecular formula is C9H14N4S. The lowest BCUT2D eigenvalue weighted by Crippen LogP contribution is -2.13. The van der Waals surface area contributed by atoms with E-state index in [1.165, 1.54) is 25.7 Å². The zero-order valence-electron chi connectivity index (χ0n) is 8.23. The Labute approximate surface area is 88.5 Å². The van der Waals surface area contributed by atoms with E-state index in [4.69, 9.17) is 18.0 Å². The first-order chi connectivity index (χ1) is 6.70. The third-order valence-electron chi connectivity index (χ3n) is 2.83. The van der Waals surface area contributed by atoms with Crippen molar-refractivity contribution in [2.24, 2.45) is 5.73 Å². The van der Waals surface area contributed by atoms with Crippen LogP contribution in [-0.4, -0.2) is 20.0 Å². The number of hydrogen-bond acceptors (Lipinski definition) is 3. The van der Waals surface area contributed by atoms with Crippen molar-refractivity contribution >= 4 is 17.2 Å². The molecule has 0 bridgehead atoms. The molecule has 0 amide bonds. The molecule has 14 heavy (non-hydrogen) atoms. The highest BCUT2D eigenvalue weighted by molar-refractivity contribution is 7.80. The van der Waals surface area contributed by atoms with Crippen LogP contribution in [0.5, 0.6) is 0 Å². The van der Waals surface area contributed by atoms with Crippen molar-refractivity contribution in [2.75, 3.05) is 0 Å². The topological polar surface area (TPSA) is 56.7 Å². The fraction of sp³-hybridized carbons (Fsp3) is 0.667. The number of thiocarbonyl (C=S) groups is 1. The largest absolute Gasteiger partial charge is 0.388 e. The van der Waals surface area contributed by atoms with Gasteiger partial charge in [0.2, 0.25) is 0 Å². The van der Waals surface area contributed by atoms with E-state index >= 15 is 0 Å². The summed E-state index contributed by atoms with van der Waals surface area (Å²) in [7, 11) is 0. The highest BCUT2D eigenvalue weighted by Crippen LogP contribution is 2.29. The number of nitrogens with two attached hydrogens (primary N) is 1. The minimum atomic E-state index is 0.340. The van der Waals surface area contributed by atoms with Gasteiger partial charge < -0.3 is 5.73 Å². The maximum absolute atomic E-state index is 5.54. The summed E-state index contributed by atoms with van der Waals surface area (Å²) in [5.74, 6) is 0. The van der Waals surface area contributed by atoms with Gasteiger partial charge >= 0.3 is 0 Å². The molecule has 1 aliphatic carbocycles. The summed E-state index contributed by atoms with van der Waals surface area (Å²) < 4.78 is 1.97. The zero-order valence-corrected chi connectivity index (χ0v) is 9.05. The highest BCUT2D eigenvalue weighted by atomic mass is 32.1. The maximum Gasteiger partial charge on any atom is 0.142 e. The molecule has 0 spiro atoms. The van der Waals surface area contributed by atoms with E-state index in [1.807, 2.05) is 11.6 Å². The van der Waals surface area contributed by atoms with Gasteiger partial charge in [0, 0.05) is 0 Å². The fourth-order valence-electron chi connectivity index (χ4n) is 2.06. The predicted octanol–water partition coefficient (Wildman–Crippen LogP) is 1.34. The van der Waals surface area contributed by atoms with Crippen LogP contribution >= 0.6 is 12.2 Å². The monoisotopic (exact) mass is 210 g/mol. The Morgan fingerprint density at radius 2 is 2.14 bits per heavy atom. The molecule has 2 rings (SSSR count). The molecule has 1 heterocycles. The lowest BCUT2D eigenvalue weighted by Gasteiger charge is -2.10. The van der Waals surface area contributed by atoms with Gasteiger partial charge in [-0.3, -0.25) is 0 Å². The second-order valence-electron chi connectivity index (χ2n) is 3.77. The van der Waals surface area contributed by atoms with Crippen LogP contribution in [0.3, 0.4) is 0 Å². The summed E-state index contributed by atoms with van der Waals surface area (Å²) in [4.78, 5) is 0.340. The molecular weight excluding hydrogens is 196 g/mol. The molecule has 0 atom stereocenters. The standard InChI is InChI=1S/C9H14N4S/c1-6-8(9(10)14)11-12-13(6)7-4-2-3-5-7/h7H,2-5H2,1H3,(H2,10,14). The summed E-state index contributed by atoms with van der Waals surface area (Å²) in [6, 6.07) is 0.505. The Morgan fingerprint density at radius 1 is 1.50 bits per heavy atom. The van der Waals surface area contributed by atoms with Crippen LogP contribution in [-0.2, 0) is 0 Å². The van der Waals surface area contributed by atoms with Crippen molar-refractivity contribution in [3.63, 3.8) is 0 Å². The van der Waals surface area contributed by atoms with E-state index in [2.05, 4.69) is 10.3 Å². The van der Waals surface area contributed by atoms with E-state index in [9.17, 15) is 0 Å². The molecule has 0 radical (unpaired) electrons. The molecule has 5 heteroatoms. The Kier molecular flexibility index (Phi) is 2.50. The van der Waals surface area contributed by atoms with Crippen LogP contribution in [0.25, 0.3) is 0 Å². The molecule has 0 aromatic carbocycles. The maximum atomic E-state index is 5.54. The van der Waals surface area contributed by atoms with Gasteiger partial charge in [0.05, 0.1) is 11.7 Å². The van der Waals surface area contributed by atoms with Gasteiger partial charge in [-0.05, 0) is 19.8 Å². The second-order valence-corrected chi connectivity index (χ2v) is 4.21. The van der Waals surface area contributed by atoms with Crippen molar-refractivity contribution in [3.8, 4) is 0 Å². The SMILES string of the molecule is Cc1c(C(N)=S)nnn1C1CCCC1. The third-order valence-corrected chi connectivity index (χ3v) is 3.02. The number of nitrogens with zero attached hydrogens (tertiary/aromatic N) is 3. The van der Waals surface area contributed by atoms with E-state index in [1.54, 1.807) is 0 Å². The van der Waals surface area contributed by atoms with Crippen molar-refractivity contribution in [1.82, 2.24) is 15.0 Å². The zero-order chi connectivity index (χ0) is 10.1. The molecule has 0 saturated heterocycles. The Balaban J connectivity index is 2.30. The Hall–Kier alpha value is -0.970. The first-order valence-corrected chi connectivity index (χ1v) is 5.32. The third kappa shape index (κ3) is 1.52. The average Bonchev–Trinajstić information content (AvgIpc) is 2.71. The van der Waals surface area contributed by atoms with Crippen molar-refractivity contribution in [2.45, 2.75) is 38.6 Å². The molecule has 1 aromatic heterocycles. The van der Waals surface area contributed by atoms with Crippen molar-refractivity contribution < 1.29 is 0 Å².